The number of hydrogen-bond acceptors (Lipinski definition) is 4. The van der Waals surface area contributed by atoms with Crippen molar-refractivity contribution in [3.8, 4) is 6.07 Å². The molecule has 0 spiro atoms. The molecular weight excluding hydrogens is 230 g/mol. The number of carbonyl (C=O) groups excluding carboxylic acids is 1. The van der Waals surface area contributed by atoms with E-state index in [1.807, 2.05) is 36.4 Å². The lowest BCUT2D eigenvalue weighted by molar-refractivity contribution is -0.136. The van der Waals surface area contributed by atoms with E-state index >= 15 is 0 Å². The van der Waals surface area contributed by atoms with Crippen LogP contribution in [0.15, 0.2) is 30.3 Å². The largest absolute Gasteiger partial charge is 0.370 e. The molecule has 0 atom stereocenters. The fraction of sp³-hybridized carbons (Fsp3) is 0.385. The molecule has 0 bridgehead atoms. The molecule has 0 saturated heterocycles. The van der Waals surface area contributed by atoms with Gasteiger partial charge in [0.2, 0.25) is 5.91 Å². The molecule has 2 N–H and O–H groups in total. The average molecular weight is 247 g/mol. The molecule has 0 aliphatic rings. The third-order valence-electron chi connectivity index (χ3n) is 2.32. The van der Waals surface area contributed by atoms with Gasteiger partial charge in [0.15, 0.2) is 0 Å². The third kappa shape index (κ3) is 4.95. The molecule has 1 amide bonds. The molecule has 0 unspecified atom stereocenters. The number of nitrogens with two attached hydrogens (primary N) is 1. The van der Waals surface area contributed by atoms with Crippen LogP contribution >= 0.6 is 0 Å². The van der Waals surface area contributed by atoms with E-state index in [1.54, 1.807) is 0 Å². The van der Waals surface area contributed by atoms with Gasteiger partial charge in [0.25, 0.3) is 0 Å². The Labute approximate surface area is 107 Å². The Morgan fingerprint density at radius 2 is 2.11 bits per heavy atom. The van der Waals surface area contributed by atoms with Gasteiger partial charge in [0.1, 0.15) is 13.2 Å². The molecule has 0 aliphatic carbocycles. The van der Waals surface area contributed by atoms with Crippen molar-refractivity contribution in [1.29, 1.82) is 5.26 Å². The van der Waals surface area contributed by atoms with Crippen molar-refractivity contribution >= 4 is 5.91 Å². The fourth-order valence-electron chi connectivity index (χ4n) is 1.46. The van der Waals surface area contributed by atoms with Gasteiger partial charge in [0.05, 0.1) is 12.7 Å². The fourth-order valence-corrected chi connectivity index (χ4v) is 1.46. The molecule has 0 saturated carbocycles. The van der Waals surface area contributed by atoms with Crippen LogP contribution in [0.2, 0.25) is 0 Å². The van der Waals surface area contributed by atoms with Gasteiger partial charge in [-0.1, -0.05) is 30.3 Å². The first kappa shape index (κ1) is 14.2. The highest BCUT2D eigenvalue weighted by Crippen LogP contribution is 2.04. The molecule has 5 nitrogen and oxygen atoms in total. The molecule has 18 heavy (non-hydrogen) atoms. The van der Waals surface area contributed by atoms with Crippen LogP contribution in [0.25, 0.3) is 0 Å². The van der Waals surface area contributed by atoms with Crippen LogP contribution in [-0.4, -0.2) is 37.1 Å². The van der Waals surface area contributed by atoms with Crippen LogP contribution in [0.4, 0.5) is 0 Å². The first-order valence-corrected chi connectivity index (χ1v) is 5.74. The Morgan fingerprint density at radius 1 is 1.39 bits per heavy atom. The minimum atomic E-state index is -0.200. The SMILES string of the molecule is N#CCN(Cc1ccccc1)C(=O)COCCN. The Kier molecular flexibility index (Phi) is 6.47. The summed E-state index contributed by atoms with van der Waals surface area (Å²) in [5.41, 5.74) is 6.26. The molecule has 1 aromatic carbocycles. The van der Waals surface area contributed by atoms with Gasteiger partial charge < -0.3 is 15.4 Å². The van der Waals surface area contributed by atoms with Crippen molar-refractivity contribution in [2.24, 2.45) is 5.73 Å². The van der Waals surface area contributed by atoms with Crippen molar-refractivity contribution in [1.82, 2.24) is 4.90 Å². The molecule has 5 heteroatoms. The van der Waals surface area contributed by atoms with E-state index in [0.717, 1.165) is 5.56 Å². The molecule has 0 radical (unpaired) electrons. The predicted molar refractivity (Wildman–Crippen MR) is 67.3 cm³/mol. The standard InChI is InChI=1S/C13H17N3O2/c14-6-8-16(13(17)11-18-9-7-15)10-12-4-2-1-3-5-12/h1-5H,7-11,15H2. The van der Waals surface area contributed by atoms with E-state index in [-0.39, 0.29) is 19.1 Å². The van der Waals surface area contributed by atoms with Gasteiger partial charge >= 0.3 is 0 Å². The van der Waals surface area contributed by atoms with Crippen molar-refractivity contribution in [3.63, 3.8) is 0 Å². The number of carbonyl (C=O) groups is 1. The highest BCUT2D eigenvalue weighted by molar-refractivity contribution is 5.77. The Balaban J connectivity index is 2.54. The first-order valence-electron chi connectivity index (χ1n) is 5.74. The van der Waals surface area contributed by atoms with Crippen molar-refractivity contribution in [3.05, 3.63) is 35.9 Å². The van der Waals surface area contributed by atoms with Gasteiger partial charge in [-0.3, -0.25) is 4.79 Å². The van der Waals surface area contributed by atoms with Crippen LogP contribution in [0.5, 0.6) is 0 Å². The summed E-state index contributed by atoms with van der Waals surface area (Å²) in [5.74, 6) is -0.200. The summed E-state index contributed by atoms with van der Waals surface area (Å²) in [6.07, 6.45) is 0. The maximum absolute atomic E-state index is 11.8. The summed E-state index contributed by atoms with van der Waals surface area (Å²) in [6, 6.07) is 11.5. The second-order valence-corrected chi connectivity index (χ2v) is 3.73. The van der Waals surface area contributed by atoms with Gasteiger partial charge in [-0.05, 0) is 5.56 Å². The number of hydrogen-bond donors (Lipinski definition) is 1. The average Bonchev–Trinajstić information content (AvgIpc) is 2.39. The smallest absolute Gasteiger partial charge is 0.249 e. The highest BCUT2D eigenvalue weighted by atomic mass is 16.5. The molecule has 1 rings (SSSR count). The zero-order chi connectivity index (χ0) is 13.2. The maximum Gasteiger partial charge on any atom is 0.249 e. The van der Waals surface area contributed by atoms with Crippen molar-refractivity contribution in [2.45, 2.75) is 6.54 Å². The summed E-state index contributed by atoms with van der Waals surface area (Å²) in [5, 5.41) is 8.73. The number of ether oxygens (including phenoxy) is 1. The molecule has 0 heterocycles. The molecule has 0 fully saturated rings. The molecule has 0 aromatic heterocycles. The summed E-state index contributed by atoms with van der Waals surface area (Å²) in [6.45, 7) is 1.16. The predicted octanol–water partition coefficient (Wildman–Crippen LogP) is 0.514. The summed E-state index contributed by atoms with van der Waals surface area (Å²) in [4.78, 5) is 13.3. The lowest BCUT2D eigenvalue weighted by Crippen LogP contribution is -2.34. The number of benzene rings is 1. The van der Waals surface area contributed by atoms with E-state index in [9.17, 15) is 4.79 Å². The van der Waals surface area contributed by atoms with Crippen LogP contribution in [0, 0.1) is 11.3 Å². The first-order chi connectivity index (χ1) is 8.77. The Morgan fingerprint density at radius 3 is 2.72 bits per heavy atom. The van der Waals surface area contributed by atoms with Gasteiger partial charge in [-0.2, -0.15) is 5.26 Å². The lowest BCUT2D eigenvalue weighted by Gasteiger charge is -2.19. The van der Waals surface area contributed by atoms with Crippen LogP contribution < -0.4 is 5.73 Å². The normalized spacial score (nSPS) is 9.78. The van der Waals surface area contributed by atoms with E-state index in [0.29, 0.717) is 19.7 Å². The van der Waals surface area contributed by atoms with Gasteiger partial charge in [0, 0.05) is 13.1 Å². The molecule has 0 aliphatic heterocycles. The number of amides is 1. The zero-order valence-electron chi connectivity index (χ0n) is 10.2. The molecule has 96 valence electrons. The van der Waals surface area contributed by atoms with E-state index in [1.165, 1.54) is 4.90 Å². The molecular formula is C13H17N3O2. The monoisotopic (exact) mass is 247 g/mol. The minimum absolute atomic E-state index is 0.0360. The van der Waals surface area contributed by atoms with Crippen LogP contribution in [-0.2, 0) is 16.1 Å². The zero-order valence-corrected chi connectivity index (χ0v) is 10.2. The Bertz CT molecular complexity index is 400. The number of nitriles is 1. The van der Waals surface area contributed by atoms with Crippen molar-refractivity contribution in [2.75, 3.05) is 26.3 Å². The van der Waals surface area contributed by atoms with E-state index < -0.39 is 0 Å². The third-order valence-corrected chi connectivity index (χ3v) is 2.32. The lowest BCUT2D eigenvalue weighted by atomic mass is 10.2. The second-order valence-electron chi connectivity index (χ2n) is 3.73. The summed E-state index contributed by atoms with van der Waals surface area (Å²) < 4.78 is 5.08. The maximum atomic E-state index is 11.8. The summed E-state index contributed by atoms with van der Waals surface area (Å²) in [7, 11) is 0. The second kappa shape index (κ2) is 8.23. The Hall–Kier alpha value is -1.90. The number of nitrogens with zero attached hydrogens (tertiary/aromatic N) is 2. The highest BCUT2D eigenvalue weighted by Gasteiger charge is 2.13. The minimum Gasteiger partial charge on any atom is -0.370 e. The van der Waals surface area contributed by atoms with Gasteiger partial charge in [-0.25, -0.2) is 0 Å². The van der Waals surface area contributed by atoms with E-state index in [2.05, 4.69) is 0 Å². The van der Waals surface area contributed by atoms with Crippen LogP contribution in [0.3, 0.4) is 0 Å². The van der Waals surface area contributed by atoms with Crippen LogP contribution in [0.1, 0.15) is 5.56 Å². The van der Waals surface area contributed by atoms with Gasteiger partial charge in [-0.15, -0.1) is 0 Å². The number of rotatable bonds is 7. The quantitative estimate of drug-likeness (QED) is 0.562. The topological polar surface area (TPSA) is 79.3 Å². The van der Waals surface area contributed by atoms with Crippen molar-refractivity contribution < 1.29 is 9.53 Å². The molecule has 1 aromatic rings. The van der Waals surface area contributed by atoms with E-state index in [4.69, 9.17) is 15.7 Å². The summed E-state index contributed by atoms with van der Waals surface area (Å²) >= 11 is 0.